The number of alkyl halides is 3. The maximum absolute atomic E-state index is 12.8. The molecule has 0 unspecified atom stereocenters. The fraction of sp³-hybridized carbons (Fsp3) is 0.176. The average Bonchev–Trinajstić information content (AvgIpc) is 2.56. The number of hydrogen-bond acceptors (Lipinski definition) is 3. The van der Waals surface area contributed by atoms with Crippen molar-refractivity contribution in [2.75, 3.05) is 17.2 Å². The molecule has 0 atom stereocenters. The molecule has 0 fully saturated rings. The molecule has 8 heteroatoms. The van der Waals surface area contributed by atoms with Gasteiger partial charge in [0.15, 0.2) is 0 Å². The first-order chi connectivity index (χ1) is 11.8. The van der Waals surface area contributed by atoms with Crippen LogP contribution in [0.15, 0.2) is 42.5 Å². The van der Waals surface area contributed by atoms with E-state index < -0.39 is 11.7 Å². The minimum atomic E-state index is -4.55. The largest absolute Gasteiger partial charge is 0.417 e. The van der Waals surface area contributed by atoms with Crippen LogP contribution in [0.2, 0.25) is 5.02 Å². The second-order valence-electron chi connectivity index (χ2n) is 5.07. The molecule has 2 aromatic carbocycles. The van der Waals surface area contributed by atoms with Crippen molar-refractivity contribution in [3.8, 4) is 6.07 Å². The minimum absolute atomic E-state index is 0.0176. The highest BCUT2D eigenvalue weighted by Gasteiger charge is 2.33. The van der Waals surface area contributed by atoms with Crippen molar-refractivity contribution in [3.63, 3.8) is 0 Å². The molecule has 4 nitrogen and oxygen atoms in total. The van der Waals surface area contributed by atoms with Crippen LogP contribution >= 0.6 is 11.6 Å². The number of para-hydroxylation sites is 1. The number of nitriles is 1. The van der Waals surface area contributed by atoms with Gasteiger partial charge >= 0.3 is 6.18 Å². The Balaban J connectivity index is 1.93. The lowest BCUT2D eigenvalue weighted by molar-refractivity contribution is -0.137. The molecule has 0 radical (unpaired) electrons. The van der Waals surface area contributed by atoms with Crippen molar-refractivity contribution < 1.29 is 18.0 Å². The summed E-state index contributed by atoms with van der Waals surface area (Å²) in [6.45, 7) is 0.124. The average molecular weight is 368 g/mol. The molecule has 25 heavy (non-hydrogen) atoms. The van der Waals surface area contributed by atoms with E-state index in [1.54, 1.807) is 24.3 Å². The summed E-state index contributed by atoms with van der Waals surface area (Å²) in [4.78, 5) is 11.9. The summed E-state index contributed by atoms with van der Waals surface area (Å²) in [7, 11) is 0. The van der Waals surface area contributed by atoms with E-state index in [-0.39, 0.29) is 29.6 Å². The Morgan fingerprint density at radius 2 is 1.92 bits per heavy atom. The van der Waals surface area contributed by atoms with E-state index >= 15 is 0 Å². The predicted octanol–water partition coefficient (Wildman–Crippen LogP) is 4.67. The summed E-state index contributed by atoms with van der Waals surface area (Å²) < 4.78 is 38.4. The Labute approximate surface area is 147 Å². The Morgan fingerprint density at radius 3 is 2.60 bits per heavy atom. The van der Waals surface area contributed by atoms with E-state index in [9.17, 15) is 18.0 Å². The number of anilines is 2. The zero-order valence-electron chi connectivity index (χ0n) is 12.8. The van der Waals surface area contributed by atoms with Crippen LogP contribution in [0.25, 0.3) is 0 Å². The van der Waals surface area contributed by atoms with Crippen molar-refractivity contribution in [2.45, 2.75) is 12.6 Å². The third kappa shape index (κ3) is 5.13. The van der Waals surface area contributed by atoms with Crippen molar-refractivity contribution >= 4 is 28.9 Å². The van der Waals surface area contributed by atoms with Gasteiger partial charge in [0, 0.05) is 18.7 Å². The van der Waals surface area contributed by atoms with Crippen LogP contribution in [0.3, 0.4) is 0 Å². The van der Waals surface area contributed by atoms with Crippen LogP contribution in [-0.4, -0.2) is 12.5 Å². The number of nitrogens with one attached hydrogen (secondary N) is 2. The van der Waals surface area contributed by atoms with Crippen molar-refractivity contribution in [2.24, 2.45) is 0 Å². The molecule has 0 heterocycles. The van der Waals surface area contributed by atoms with Gasteiger partial charge < -0.3 is 10.6 Å². The summed E-state index contributed by atoms with van der Waals surface area (Å²) in [6, 6.07) is 11.9. The monoisotopic (exact) mass is 367 g/mol. The van der Waals surface area contributed by atoms with Gasteiger partial charge in [-0.1, -0.05) is 23.7 Å². The first-order valence-electron chi connectivity index (χ1n) is 7.21. The molecule has 0 aliphatic heterocycles. The number of benzene rings is 2. The Kier molecular flexibility index (Phi) is 5.88. The van der Waals surface area contributed by atoms with E-state index in [1.165, 1.54) is 6.07 Å². The second-order valence-corrected chi connectivity index (χ2v) is 5.48. The standard InChI is InChI=1S/C17H13ClF3N3O/c18-14-6-5-12(9-13(14)17(19,20)21)23-8-7-16(25)24-15-4-2-1-3-11(15)10-22/h1-6,9,23H,7-8H2,(H,24,25). The second kappa shape index (κ2) is 7.90. The quantitative estimate of drug-likeness (QED) is 0.807. The zero-order valence-corrected chi connectivity index (χ0v) is 13.6. The number of nitrogens with zero attached hydrogens (tertiary/aromatic N) is 1. The molecule has 0 aromatic heterocycles. The van der Waals surface area contributed by atoms with E-state index in [1.807, 2.05) is 6.07 Å². The smallest absolute Gasteiger partial charge is 0.385 e. The molecule has 1 amide bonds. The first kappa shape index (κ1) is 18.6. The van der Waals surface area contributed by atoms with Gasteiger partial charge in [-0.2, -0.15) is 18.4 Å². The molecule has 0 bridgehead atoms. The van der Waals surface area contributed by atoms with Crippen LogP contribution in [-0.2, 0) is 11.0 Å². The molecule has 0 aliphatic rings. The van der Waals surface area contributed by atoms with Crippen LogP contribution in [0, 0.1) is 11.3 Å². The summed E-state index contributed by atoms with van der Waals surface area (Å²) in [5.74, 6) is -0.361. The van der Waals surface area contributed by atoms with Gasteiger partial charge in [0.2, 0.25) is 5.91 Å². The van der Waals surface area contributed by atoms with E-state index in [4.69, 9.17) is 16.9 Å². The van der Waals surface area contributed by atoms with Crippen LogP contribution in [0.1, 0.15) is 17.5 Å². The SMILES string of the molecule is N#Cc1ccccc1NC(=O)CCNc1ccc(Cl)c(C(F)(F)F)c1. The third-order valence-corrected chi connectivity index (χ3v) is 3.60. The topological polar surface area (TPSA) is 64.9 Å². The van der Waals surface area contributed by atoms with Gasteiger partial charge in [-0.3, -0.25) is 4.79 Å². The summed E-state index contributed by atoms with van der Waals surface area (Å²) >= 11 is 5.55. The first-order valence-corrected chi connectivity index (χ1v) is 7.58. The van der Waals surface area contributed by atoms with Gasteiger partial charge in [-0.25, -0.2) is 0 Å². The van der Waals surface area contributed by atoms with Gasteiger partial charge in [-0.05, 0) is 30.3 Å². The van der Waals surface area contributed by atoms with Crippen LogP contribution < -0.4 is 10.6 Å². The zero-order chi connectivity index (χ0) is 18.4. The Hall–Kier alpha value is -2.72. The van der Waals surface area contributed by atoms with Gasteiger partial charge in [0.25, 0.3) is 0 Å². The summed E-state index contributed by atoms with van der Waals surface area (Å²) in [6.07, 6.45) is -4.53. The summed E-state index contributed by atoms with van der Waals surface area (Å²) in [5.41, 5.74) is -0.00862. The number of carbonyl (C=O) groups is 1. The molecular formula is C17H13ClF3N3O. The minimum Gasteiger partial charge on any atom is -0.385 e. The maximum Gasteiger partial charge on any atom is 0.417 e. The van der Waals surface area contributed by atoms with Gasteiger partial charge in [-0.15, -0.1) is 0 Å². The molecule has 2 N–H and O–H groups in total. The predicted molar refractivity (Wildman–Crippen MR) is 89.3 cm³/mol. The van der Waals surface area contributed by atoms with Gasteiger partial charge in [0.1, 0.15) is 6.07 Å². The lowest BCUT2D eigenvalue weighted by Gasteiger charge is -2.12. The van der Waals surface area contributed by atoms with Crippen LogP contribution in [0.5, 0.6) is 0 Å². The third-order valence-electron chi connectivity index (χ3n) is 3.27. The molecular weight excluding hydrogens is 355 g/mol. The Morgan fingerprint density at radius 1 is 1.20 bits per heavy atom. The maximum atomic E-state index is 12.8. The van der Waals surface area contributed by atoms with Gasteiger partial charge in [0.05, 0.1) is 21.8 Å². The highest BCUT2D eigenvalue weighted by atomic mass is 35.5. The normalized spacial score (nSPS) is 10.8. The Bertz CT molecular complexity index is 816. The number of rotatable bonds is 5. The number of carbonyl (C=O) groups excluding carboxylic acids is 1. The fourth-order valence-electron chi connectivity index (χ4n) is 2.08. The van der Waals surface area contributed by atoms with Crippen molar-refractivity contribution in [3.05, 3.63) is 58.6 Å². The molecule has 0 saturated carbocycles. The van der Waals surface area contributed by atoms with E-state index in [0.29, 0.717) is 11.3 Å². The van der Waals surface area contributed by atoms with Crippen LogP contribution in [0.4, 0.5) is 24.5 Å². The molecule has 2 rings (SSSR count). The molecule has 0 aliphatic carbocycles. The fourth-order valence-corrected chi connectivity index (χ4v) is 2.30. The van der Waals surface area contributed by atoms with E-state index in [2.05, 4.69) is 10.6 Å². The number of amides is 1. The molecule has 130 valence electrons. The van der Waals surface area contributed by atoms with E-state index in [0.717, 1.165) is 12.1 Å². The molecule has 0 spiro atoms. The van der Waals surface area contributed by atoms with Crippen molar-refractivity contribution in [1.29, 1.82) is 5.26 Å². The molecule has 2 aromatic rings. The number of halogens is 4. The highest BCUT2D eigenvalue weighted by Crippen LogP contribution is 2.36. The molecule has 0 saturated heterocycles. The summed E-state index contributed by atoms with van der Waals surface area (Å²) in [5, 5.41) is 13.9. The highest BCUT2D eigenvalue weighted by molar-refractivity contribution is 6.31. The lowest BCUT2D eigenvalue weighted by Crippen LogP contribution is -2.17. The number of hydrogen-bond donors (Lipinski definition) is 2. The van der Waals surface area contributed by atoms with Crippen molar-refractivity contribution in [1.82, 2.24) is 0 Å². The lowest BCUT2D eigenvalue weighted by atomic mass is 10.2.